The highest BCUT2D eigenvalue weighted by molar-refractivity contribution is 5.79. The number of guanidine groups is 1. The first-order chi connectivity index (χ1) is 11.6. The average Bonchev–Trinajstić information content (AvgIpc) is 2.61. The molecular formula is C18H31N5O. The SMILES string of the molecule is CN=C(NCc1cccnc1N(C)C)N(C)CCC1CCOCC1. The highest BCUT2D eigenvalue weighted by Gasteiger charge is 2.15. The number of rotatable bonds is 6. The standard InChI is InChI=1S/C18H31N5O/c1-19-18(23(4)11-7-15-8-12-24-13-9-15)21-14-16-6-5-10-20-17(16)22(2)3/h5-6,10,15H,7-9,11-14H2,1-4H3,(H,19,21). The molecule has 1 aliphatic heterocycles. The smallest absolute Gasteiger partial charge is 0.193 e. The molecule has 1 aliphatic rings. The van der Waals surface area contributed by atoms with Crippen molar-refractivity contribution in [1.82, 2.24) is 15.2 Å². The molecule has 0 aliphatic carbocycles. The molecule has 0 aromatic carbocycles. The van der Waals surface area contributed by atoms with E-state index in [1.54, 1.807) is 0 Å². The minimum Gasteiger partial charge on any atom is -0.381 e. The molecule has 6 heteroatoms. The van der Waals surface area contributed by atoms with Gasteiger partial charge in [-0.25, -0.2) is 4.98 Å². The molecule has 0 bridgehead atoms. The Morgan fingerprint density at radius 2 is 2.08 bits per heavy atom. The predicted molar refractivity (Wildman–Crippen MR) is 99.6 cm³/mol. The van der Waals surface area contributed by atoms with Gasteiger partial charge in [0.25, 0.3) is 0 Å². The molecule has 2 heterocycles. The van der Waals surface area contributed by atoms with E-state index in [4.69, 9.17) is 4.74 Å². The maximum absolute atomic E-state index is 5.43. The zero-order valence-corrected chi connectivity index (χ0v) is 15.5. The molecule has 1 N–H and O–H groups in total. The van der Waals surface area contributed by atoms with Gasteiger partial charge in [0.05, 0.1) is 0 Å². The second kappa shape index (κ2) is 9.47. The van der Waals surface area contributed by atoms with E-state index in [1.807, 2.05) is 38.3 Å². The van der Waals surface area contributed by atoms with Crippen molar-refractivity contribution in [2.45, 2.75) is 25.8 Å². The van der Waals surface area contributed by atoms with Gasteiger partial charge in [0, 0.05) is 66.3 Å². The Bertz CT molecular complexity index is 526. The summed E-state index contributed by atoms with van der Waals surface area (Å²) >= 11 is 0. The van der Waals surface area contributed by atoms with E-state index >= 15 is 0 Å². The summed E-state index contributed by atoms with van der Waals surface area (Å²) in [5.74, 6) is 2.69. The zero-order valence-electron chi connectivity index (χ0n) is 15.5. The molecule has 1 saturated heterocycles. The highest BCUT2D eigenvalue weighted by Crippen LogP contribution is 2.18. The van der Waals surface area contributed by atoms with Crippen molar-refractivity contribution in [2.75, 3.05) is 52.8 Å². The van der Waals surface area contributed by atoms with Gasteiger partial charge in [-0.2, -0.15) is 0 Å². The maximum Gasteiger partial charge on any atom is 0.193 e. The quantitative estimate of drug-likeness (QED) is 0.637. The number of nitrogens with one attached hydrogen (secondary N) is 1. The first-order valence-electron chi connectivity index (χ1n) is 8.72. The van der Waals surface area contributed by atoms with Crippen molar-refractivity contribution in [3.63, 3.8) is 0 Å². The molecule has 6 nitrogen and oxygen atoms in total. The minimum atomic E-state index is 0.718. The van der Waals surface area contributed by atoms with Gasteiger partial charge >= 0.3 is 0 Å². The fourth-order valence-electron chi connectivity index (χ4n) is 3.05. The monoisotopic (exact) mass is 333 g/mol. The lowest BCUT2D eigenvalue weighted by atomic mass is 9.96. The second-order valence-corrected chi connectivity index (χ2v) is 6.55. The Labute approximate surface area is 145 Å². The van der Waals surface area contributed by atoms with Crippen molar-refractivity contribution in [2.24, 2.45) is 10.9 Å². The number of ether oxygens (including phenoxy) is 1. The van der Waals surface area contributed by atoms with E-state index in [9.17, 15) is 0 Å². The highest BCUT2D eigenvalue weighted by atomic mass is 16.5. The van der Waals surface area contributed by atoms with E-state index in [0.717, 1.165) is 44.0 Å². The lowest BCUT2D eigenvalue weighted by molar-refractivity contribution is 0.0625. The zero-order chi connectivity index (χ0) is 17.4. The summed E-state index contributed by atoms with van der Waals surface area (Å²) in [6, 6.07) is 4.08. The Morgan fingerprint density at radius 1 is 1.33 bits per heavy atom. The summed E-state index contributed by atoms with van der Waals surface area (Å²) in [7, 11) is 7.97. The molecule has 134 valence electrons. The van der Waals surface area contributed by atoms with Gasteiger partial charge in [0.15, 0.2) is 5.96 Å². The molecule has 0 radical (unpaired) electrons. The lowest BCUT2D eigenvalue weighted by Crippen LogP contribution is -2.40. The van der Waals surface area contributed by atoms with Crippen LogP contribution in [-0.2, 0) is 11.3 Å². The summed E-state index contributed by atoms with van der Waals surface area (Å²) in [4.78, 5) is 13.1. The van der Waals surface area contributed by atoms with Gasteiger partial charge in [-0.1, -0.05) is 6.07 Å². The number of aromatic nitrogens is 1. The molecule has 1 aromatic rings. The molecule has 1 aromatic heterocycles. The predicted octanol–water partition coefficient (Wildman–Crippen LogP) is 1.97. The van der Waals surface area contributed by atoms with E-state index in [-0.39, 0.29) is 0 Å². The van der Waals surface area contributed by atoms with Crippen molar-refractivity contribution in [3.8, 4) is 0 Å². The minimum absolute atomic E-state index is 0.718. The van der Waals surface area contributed by atoms with Crippen LogP contribution in [0.2, 0.25) is 0 Å². The first-order valence-corrected chi connectivity index (χ1v) is 8.72. The third-order valence-corrected chi connectivity index (χ3v) is 4.52. The van der Waals surface area contributed by atoms with Gasteiger partial charge < -0.3 is 19.9 Å². The molecule has 24 heavy (non-hydrogen) atoms. The summed E-state index contributed by atoms with van der Waals surface area (Å²) in [6.07, 6.45) is 5.38. The fourth-order valence-corrected chi connectivity index (χ4v) is 3.05. The van der Waals surface area contributed by atoms with Crippen LogP contribution >= 0.6 is 0 Å². The summed E-state index contributed by atoms with van der Waals surface area (Å²) in [5, 5.41) is 3.45. The molecular weight excluding hydrogens is 302 g/mol. The number of anilines is 1. The summed E-state index contributed by atoms with van der Waals surface area (Å²) in [6.45, 7) is 3.55. The van der Waals surface area contributed by atoms with Crippen LogP contribution in [0.5, 0.6) is 0 Å². The van der Waals surface area contributed by atoms with E-state index < -0.39 is 0 Å². The molecule has 1 fully saturated rings. The van der Waals surface area contributed by atoms with Crippen molar-refractivity contribution in [1.29, 1.82) is 0 Å². The number of hydrogen-bond acceptors (Lipinski definition) is 4. The maximum atomic E-state index is 5.43. The van der Waals surface area contributed by atoms with E-state index in [0.29, 0.717) is 0 Å². The Hall–Kier alpha value is -1.82. The number of hydrogen-bond donors (Lipinski definition) is 1. The molecule has 0 amide bonds. The van der Waals surface area contributed by atoms with E-state index in [2.05, 4.69) is 33.3 Å². The molecule has 2 rings (SSSR count). The Balaban J connectivity index is 1.85. The molecule has 0 saturated carbocycles. The van der Waals surface area contributed by atoms with Gasteiger partial charge in [0.1, 0.15) is 5.82 Å². The lowest BCUT2D eigenvalue weighted by Gasteiger charge is -2.27. The van der Waals surface area contributed by atoms with Crippen molar-refractivity contribution < 1.29 is 4.74 Å². The summed E-state index contributed by atoms with van der Waals surface area (Å²) in [5.41, 5.74) is 1.17. The fraction of sp³-hybridized carbons (Fsp3) is 0.667. The van der Waals surface area contributed by atoms with Crippen LogP contribution in [0.3, 0.4) is 0 Å². The van der Waals surface area contributed by atoms with Gasteiger partial charge in [-0.05, 0) is 31.2 Å². The third-order valence-electron chi connectivity index (χ3n) is 4.52. The van der Waals surface area contributed by atoms with Gasteiger partial charge in [0.2, 0.25) is 0 Å². The van der Waals surface area contributed by atoms with Crippen LogP contribution in [-0.4, -0.2) is 63.8 Å². The molecule has 0 unspecified atom stereocenters. The largest absolute Gasteiger partial charge is 0.381 e. The molecule has 0 atom stereocenters. The van der Waals surface area contributed by atoms with Crippen molar-refractivity contribution >= 4 is 11.8 Å². The normalized spacial score (nSPS) is 16.1. The number of pyridine rings is 1. The van der Waals surface area contributed by atoms with E-state index in [1.165, 1.54) is 24.8 Å². The van der Waals surface area contributed by atoms with Crippen LogP contribution < -0.4 is 10.2 Å². The average molecular weight is 333 g/mol. The van der Waals surface area contributed by atoms with Crippen LogP contribution in [0.4, 0.5) is 5.82 Å². The van der Waals surface area contributed by atoms with Crippen LogP contribution in [0.15, 0.2) is 23.3 Å². The molecule has 0 spiro atoms. The second-order valence-electron chi connectivity index (χ2n) is 6.55. The van der Waals surface area contributed by atoms with Gasteiger partial charge in [-0.15, -0.1) is 0 Å². The summed E-state index contributed by atoms with van der Waals surface area (Å²) < 4.78 is 5.43. The van der Waals surface area contributed by atoms with Crippen LogP contribution in [0, 0.1) is 5.92 Å². The Kier molecular flexibility index (Phi) is 7.31. The van der Waals surface area contributed by atoms with Gasteiger partial charge in [-0.3, -0.25) is 4.99 Å². The number of nitrogens with zero attached hydrogens (tertiary/aromatic N) is 4. The number of aliphatic imine (C=N–C) groups is 1. The first kappa shape index (κ1) is 18.5. The topological polar surface area (TPSA) is 53.0 Å². The third kappa shape index (κ3) is 5.37. The Morgan fingerprint density at radius 3 is 2.75 bits per heavy atom. The van der Waals surface area contributed by atoms with Crippen LogP contribution in [0.25, 0.3) is 0 Å². The van der Waals surface area contributed by atoms with Crippen molar-refractivity contribution in [3.05, 3.63) is 23.9 Å². The van der Waals surface area contributed by atoms with Crippen LogP contribution in [0.1, 0.15) is 24.8 Å².